The molecule has 2 aromatic heterocycles. The first kappa shape index (κ1) is 14.7. The number of benzene rings is 1. The van der Waals surface area contributed by atoms with Crippen LogP contribution in [-0.2, 0) is 12.8 Å². The fourth-order valence-corrected chi connectivity index (χ4v) is 4.17. The molecule has 3 aromatic rings. The van der Waals surface area contributed by atoms with Gasteiger partial charge in [-0.2, -0.15) is 0 Å². The van der Waals surface area contributed by atoms with Crippen LogP contribution in [0.5, 0.6) is 5.75 Å². The highest BCUT2D eigenvalue weighted by molar-refractivity contribution is 9.11. The summed E-state index contributed by atoms with van der Waals surface area (Å²) in [6.45, 7) is 0. The molecular formula is C17H11BrO4S. The van der Waals surface area contributed by atoms with Crippen LogP contribution in [0.3, 0.4) is 0 Å². The highest BCUT2D eigenvalue weighted by Crippen LogP contribution is 2.30. The van der Waals surface area contributed by atoms with Crippen LogP contribution in [0.4, 0.5) is 0 Å². The highest BCUT2D eigenvalue weighted by Gasteiger charge is 2.20. The van der Waals surface area contributed by atoms with E-state index in [1.54, 1.807) is 24.3 Å². The Labute approximate surface area is 143 Å². The van der Waals surface area contributed by atoms with E-state index in [1.165, 1.54) is 11.3 Å². The summed E-state index contributed by atoms with van der Waals surface area (Å²) in [5, 5.41) is 0.927. The van der Waals surface area contributed by atoms with Crippen LogP contribution in [-0.4, -0.2) is 5.97 Å². The maximum absolute atomic E-state index is 12.1. The van der Waals surface area contributed by atoms with Crippen molar-refractivity contribution in [3.05, 3.63) is 60.5 Å². The molecule has 6 heteroatoms. The first-order valence-corrected chi connectivity index (χ1v) is 8.79. The van der Waals surface area contributed by atoms with Crippen molar-refractivity contribution in [2.45, 2.75) is 19.3 Å². The second kappa shape index (κ2) is 5.62. The van der Waals surface area contributed by atoms with Crippen LogP contribution < -0.4 is 10.4 Å². The summed E-state index contributed by atoms with van der Waals surface area (Å²) in [6.07, 6.45) is 2.64. The molecule has 0 aliphatic heterocycles. The van der Waals surface area contributed by atoms with Crippen molar-refractivity contribution in [1.29, 1.82) is 0 Å². The van der Waals surface area contributed by atoms with Crippen molar-refractivity contribution in [2.24, 2.45) is 0 Å². The number of ether oxygens (including phenoxy) is 1. The summed E-state index contributed by atoms with van der Waals surface area (Å²) >= 11 is 4.62. The van der Waals surface area contributed by atoms with Gasteiger partial charge < -0.3 is 9.15 Å². The Morgan fingerprint density at radius 1 is 1.17 bits per heavy atom. The molecule has 1 aliphatic rings. The van der Waals surface area contributed by atoms with Gasteiger partial charge in [-0.1, -0.05) is 0 Å². The maximum Gasteiger partial charge on any atom is 0.353 e. The number of rotatable bonds is 2. The Balaban J connectivity index is 1.71. The van der Waals surface area contributed by atoms with Crippen molar-refractivity contribution in [2.75, 3.05) is 0 Å². The predicted octanol–water partition coefficient (Wildman–Crippen LogP) is 4.32. The molecule has 0 bridgehead atoms. The second-order valence-corrected chi connectivity index (χ2v) is 7.81. The maximum atomic E-state index is 12.1. The van der Waals surface area contributed by atoms with Crippen LogP contribution in [0, 0.1) is 0 Å². The molecule has 0 fully saturated rings. The molecule has 4 rings (SSSR count). The summed E-state index contributed by atoms with van der Waals surface area (Å²) in [7, 11) is 0. The minimum Gasteiger partial charge on any atom is -0.422 e. The average Bonchev–Trinajstić information content (AvgIpc) is 3.16. The molecule has 2 heterocycles. The zero-order valence-electron chi connectivity index (χ0n) is 11.9. The third-order valence-electron chi connectivity index (χ3n) is 3.93. The molecule has 0 spiro atoms. The van der Waals surface area contributed by atoms with Gasteiger partial charge in [-0.3, -0.25) is 0 Å². The van der Waals surface area contributed by atoms with Crippen molar-refractivity contribution < 1.29 is 13.9 Å². The van der Waals surface area contributed by atoms with E-state index >= 15 is 0 Å². The summed E-state index contributed by atoms with van der Waals surface area (Å²) in [5.74, 6) is -0.0586. The number of carbonyl (C=O) groups is 1. The molecule has 0 unspecified atom stereocenters. The lowest BCUT2D eigenvalue weighted by atomic mass is 10.1. The highest BCUT2D eigenvalue weighted by atomic mass is 79.9. The summed E-state index contributed by atoms with van der Waals surface area (Å²) in [6, 6.07) is 8.70. The Bertz CT molecular complexity index is 986. The van der Waals surface area contributed by atoms with E-state index in [0.717, 1.165) is 39.6 Å². The molecule has 0 saturated carbocycles. The van der Waals surface area contributed by atoms with E-state index < -0.39 is 5.97 Å². The molecule has 1 aliphatic carbocycles. The van der Waals surface area contributed by atoms with Crippen LogP contribution in [0.15, 0.2) is 43.3 Å². The van der Waals surface area contributed by atoms with Crippen molar-refractivity contribution in [3.63, 3.8) is 0 Å². The smallest absolute Gasteiger partial charge is 0.353 e. The van der Waals surface area contributed by atoms with Crippen LogP contribution >= 0.6 is 27.3 Å². The van der Waals surface area contributed by atoms with Gasteiger partial charge in [0, 0.05) is 17.0 Å². The van der Waals surface area contributed by atoms with Gasteiger partial charge in [0.05, 0.1) is 3.79 Å². The van der Waals surface area contributed by atoms with Crippen LogP contribution in [0.1, 0.15) is 27.2 Å². The van der Waals surface area contributed by atoms with E-state index in [0.29, 0.717) is 16.2 Å². The van der Waals surface area contributed by atoms with E-state index in [1.807, 2.05) is 6.07 Å². The molecule has 1 aromatic carbocycles. The fourth-order valence-electron chi connectivity index (χ4n) is 2.91. The molecule has 23 heavy (non-hydrogen) atoms. The van der Waals surface area contributed by atoms with Crippen LogP contribution in [0.25, 0.3) is 11.0 Å². The predicted molar refractivity (Wildman–Crippen MR) is 91.5 cm³/mol. The van der Waals surface area contributed by atoms with Gasteiger partial charge >= 0.3 is 11.6 Å². The SMILES string of the molecule is O=C(Oc1ccc2c3c(c(=O)oc2c1)CCC3)c1ccc(Br)s1. The first-order chi connectivity index (χ1) is 11.1. The number of halogens is 1. The van der Waals surface area contributed by atoms with Gasteiger partial charge in [-0.05, 0) is 65.0 Å². The molecule has 0 atom stereocenters. The number of esters is 1. The second-order valence-electron chi connectivity index (χ2n) is 5.35. The van der Waals surface area contributed by atoms with E-state index in [4.69, 9.17) is 9.15 Å². The van der Waals surface area contributed by atoms with E-state index in [-0.39, 0.29) is 5.63 Å². The number of fused-ring (bicyclic) bond motifs is 3. The molecule has 4 nitrogen and oxygen atoms in total. The number of carbonyl (C=O) groups excluding carboxylic acids is 1. The Morgan fingerprint density at radius 2 is 2.00 bits per heavy atom. The van der Waals surface area contributed by atoms with Crippen molar-refractivity contribution in [1.82, 2.24) is 0 Å². The monoisotopic (exact) mass is 390 g/mol. The molecule has 0 radical (unpaired) electrons. The number of hydrogen-bond acceptors (Lipinski definition) is 5. The molecule has 0 N–H and O–H groups in total. The summed E-state index contributed by atoms with van der Waals surface area (Å²) in [4.78, 5) is 24.6. The molecular weight excluding hydrogens is 380 g/mol. The Morgan fingerprint density at radius 3 is 2.78 bits per heavy atom. The standard InChI is InChI=1S/C17H11BrO4S/c18-15-7-6-14(23-15)17(20)21-9-4-5-11-10-2-1-3-12(10)16(19)22-13(11)8-9/h4-8H,1-3H2. The quantitative estimate of drug-likeness (QED) is 0.371. The van der Waals surface area contributed by atoms with Gasteiger partial charge in [0.2, 0.25) is 0 Å². The summed E-state index contributed by atoms with van der Waals surface area (Å²) in [5.41, 5.74) is 2.03. The van der Waals surface area contributed by atoms with Crippen molar-refractivity contribution in [3.8, 4) is 5.75 Å². The molecule has 0 saturated heterocycles. The third kappa shape index (κ3) is 2.62. The number of thiophene rings is 1. The number of aryl methyl sites for hydroxylation is 1. The minimum absolute atomic E-state index is 0.282. The third-order valence-corrected chi connectivity index (χ3v) is 5.53. The van der Waals surface area contributed by atoms with Gasteiger partial charge in [0.15, 0.2) is 0 Å². The normalized spacial score (nSPS) is 13.3. The van der Waals surface area contributed by atoms with E-state index in [2.05, 4.69) is 15.9 Å². The van der Waals surface area contributed by atoms with E-state index in [9.17, 15) is 9.59 Å². The largest absolute Gasteiger partial charge is 0.422 e. The lowest BCUT2D eigenvalue weighted by Gasteiger charge is -2.06. The van der Waals surface area contributed by atoms with Gasteiger partial charge in [-0.25, -0.2) is 9.59 Å². The van der Waals surface area contributed by atoms with Gasteiger partial charge in [0.25, 0.3) is 0 Å². The lowest BCUT2D eigenvalue weighted by molar-refractivity contribution is 0.0740. The van der Waals surface area contributed by atoms with Gasteiger partial charge in [-0.15, -0.1) is 11.3 Å². The zero-order valence-corrected chi connectivity index (χ0v) is 14.3. The average molecular weight is 391 g/mol. The molecule has 116 valence electrons. The zero-order chi connectivity index (χ0) is 16.0. The summed E-state index contributed by atoms with van der Waals surface area (Å²) < 4.78 is 11.6. The first-order valence-electron chi connectivity index (χ1n) is 7.18. The minimum atomic E-state index is -0.427. The fraction of sp³-hybridized carbons (Fsp3) is 0.176. The van der Waals surface area contributed by atoms with Gasteiger partial charge in [0.1, 0.15) is 16.2 Å². The Hall–Kier alpha value is -1.92. The topological polar surface area (TPSA) is 56.5 Å². The lowest BCUT2D eigenvalue weighted by Crippen LogP contribution is -2.08. The Kier molecular flexibility index (Phi) is 3.58. The molecule has 0 amide bonds. The number of hydrogen-bond donors (Lipinski definition) is 0. The van der Waals surface area contributed by atoms with Crippen molar-refractivity contribution >= 4 is 44.2 Å². The van der Waals surface area contributed by atoms with Crippen LogP contribution in [0.2, 0.25) is 0 Å².